The van der Waals surface area contributed by atoms with E-state index >= 15 is 0 Å². The summed E-state index contributed by atoms with van der Waals surface area (Å²) in [5.74, 6) is -0.475. The first kappa shape index (κ1) is 12.0. The van der Waals surface area contributed by atoms with E-state index in [1.807, 2.05) is 0 Å². The fourth-order valence-electron chi connectivity index (χ4n) is 0.833. The molecule has 1 aromatic rings. The maximum atomic E-state index is 11.8. The van der Waals surface area contributed by atoms with Gasteiger partial charge in [-0.3, -0.25) is 10.1 Å². The van der Waals surface area contributed by atoms with Crippen LogP contribution < -0.4 is 4.74 Å². The van der Waals surface area contributed by atoms with Crippen LogP contribution in [0.4, 0.5) is 18.9 Å². The van der Waals surface area contributed by atoms with Gasteiger partial charge in [0, 0.05) is 12.1 Å². The molecule has 0 unspecified atom stereocenters. The Morgan fingerprint density at radius 3 is 2.40 bits per heavy atom. The van der Waals surface area contributed by atoms with Gasteiger partial charge in [-0.25, -0.2) is 0 Å². The maximum absolute atomic E-state index is 11.8. The summed E-state index contributed by atoms with van der Waals surface area (Å²) in [4.78, 5) is 9.67. The summed E-state index contributed by atoms with van der Waals surface area (Å²) in [6.45, 7) is 0. The van der Waals surface area contributed by atoms with Crippen LogP contribution in [0, 0.1) is 13.7 Å². The molecule has 0 atom stereocenters. The van der Waals surface area contributed by atoms with Gasteiger partial charge in [0.25, 0.3) is 5.69 Å². The highest BCUT2D eigenvalue weighted by molar-refractivity contribution is 14.1. The molecule has 4 nitrogen and oxygen atoms in total. The Hall–Kier alpha value is -1.06. The molecule has 0 N–H and O–H groups in total. The van der Waals surface area contributed by atoms with Crippen LogP contribution in [0.3, 0.4) is 0 Å². The molecule has 0 radical (unpaired) electrons. The molecule has 0 heterocycles. The molecule has 0 aromatic heterocycles. The lowest BCUT2D eigenvalue weighted by molar-refractivity contribution is -0.385. The zero-order chi connectivity index (χ0) is 11.6. The number of nitro benzene ring substituents is 1. The third-order valence-corrected chi connectivity index (χ3v) is 2.21. The van der Waals surface area contributed by atoms with E-state index in [1.165, 1.54) is 0 Å². The molecule has 1 aromatic carbocycles. The molecular formula is C7H3F3INO3. The van der Waals surface area contributed by atoms with Gasteiger partial charge in [0.1, 0.15) is 5.75 Å². The van der Waals surface area contributed by atoms with Gasteiger partial charge in [-0.1, -0.05) is 0 Å². The molecule has 0 spiro atoms. The molecule has 0 fully saturated rings. The number of halogens is 4. The lowest BCUT2D eigenvalue weighted by Gasteiger charge is -2.08. The summed E-state index contributed by atoms with van der Waals surface area (Å²) >= 11 is 1.56. The summed E-state index contributed by atoms with van der Waals surface area (Å²) in [5.41, 5.74) is -0.259. The van der Waals surface area contributed by atoms with Crippen molar-refractivity contribution in [2.45, 2.75) is 6.36 Å². The number of ether oxygens (including phenoxy) is 1. The van der Waals surface area contributed by atoms with Crippen LogP contribution in [0.1, 0.15) is 0 Å². The van der Waals surface area contributed by atoms with E-state index in [2.05, 4.69) is 4.74 Å². The summed E-state index contributed by atoms with van der Waals surface area (Å²) in [6.07, 6.45) is -4.79. The van der Waals surface area contributed by atoms with E-state index in [4.69, 9.17) is 0 Å². The molecule has 8 heteroatoms. The highest BCUT2D eigenvalue weighted by Crippen LogP contribution is 2.28. The van der Waals surface area contributed by atoms with Gasteiger partial charge in [0.2, 0.25) is 0 Å². The normalized spacial score (nSPS) is 11.2. The fraction of sp³-hybridized carbons (Fsp3) is 0.143. The predicted molar refractivity (Wildman–Crippen MR) is 52.5 cm³/mol. The lowest BCUT2D eigenvalue weighted by Crippen LogP contribution is -2.17. The molecule has 15 heavy (non-hydrogen) atoms. The molecule has 0 saturated carbocycles. The molecule has 0 bridgehead atoms. The highest BCUT2D eigenvalue weighted by atomic mass is 127. The third kappa shape index (κ3) is 3.53. The fourth-order valence-corrected chi connectivity index (χ4v) is 1.52. The van der Waals surface area contributed by atoms with E-state index < -0.39 is 17.0 Å². The smallest absolute Gasteiger partial charge is 0.406 e. The number of benzene rings is 1. The van der Waals surface area contributed by atoms with Crippen LogP contribution >= 0.6 is 22.6 Å². The van der Waals surface area contributed by atoms with Crippen molar-refractivity contribution in [3.63, 3.8) is 0 Å². The largest absolute Gasteiger partial charge is 0.573 e. The van der Waals surface area contributed by atoms with Crippen molar-refractivity contribution in [1.29, 1.82) is 0 Å². The number of hydrogen-bond acceptors (Lipinski definition) is 3. The average Bonchev–Trinajstić information content (AvgIpc) is 1.99. The van der Waals surface area contributed by atoms with Crippen LogP contribution in [0.25, 0.3) is 0 Å². The van der Waals surface area contributed by atoms with Gasteiger partial charge < -0.3 is 4.74 Å². The molecule has 0 amide bonds. The average molecular weight is 333 g/mol. The van der Waals surface area contributed by atoms with Crippen molar-refractivity contribution < 1.29 is 22.8 Å². The van der Waals surface area contributed by atoms with Gasteiger partial charge >= 0.3 is 6.36 Å². The van der Waals surface area contributed by atoms with Gasteiger partial charge in [0.05, 0.1) is 8.49 Å². The molecule has 0 aliphatic heterocycles. The van der Waals surface area contributed by atoms with Crippen molar-refractivity contribution in [2.75, 3.05) is 0 Å². The zero-order valence-electron chi connectivity index (χ0n) is 6.92. The highest BCUT2D eigenvalue weighted by Gasteiger charge is 2.31. The van der Waals surface area contributed by atoms with Crippen LogP contribution in [-0.4, -0.2) is 11.3 Å². The Balaban J connectivity index is 2.97. The SMILES string of the molecule is O=[N+]([O-])c1ccc(OC(F)(F)F)cc1I. The van der Waals surface area contributed by atoms with Crippen LogP contribution in [-0.2, 0) is 0 Å². The molecule has 1 rings (SSSR count). The number of nitrogens with zero attached hydrogens (tertiary/aromatic N) is 1. The minimum atomic E-state index is -4.79. The molecule has 0 saturated heterocycles. The number of nitro groups is 1. The van der Waals surface area contributed by atoms with Crippen LogP contribution in [0.15, 0.2) is 18.2 Å². The standard InChI is InChI=1S/C7H3F3INO3/c8-7(9,10)15-4-1-2-6(12(13)14)5(11)3-4/h1-3H. The van der Waals surface area contributed by atoms with Crippen LogP contribution in [0.2, 0.25) is 0 Å². The summed E-state index contributed by atoms with van der Waals surface area (Å²) in [6, 6.07) is 2.81. The van der Waals surface area contributed by atoms with Crippen molar-refractivity contribution in [1.82, 2.24) is 0 Å². The quantitative estimate of drug-likeness (QED) is 0.475. The summed E-state index contributed by atoms with van der Waals surface area (Å²) in [5, 5.41) is 10.4. The van der Waals surface area contributed by atoms with Crippen molar-refractivity contribution in [3.05, 3.63) is 31.9 Å². The van der Waals surface area contributed by atoms with Gasteiger partial charge in [-0.2, -0.15) is 0 Å². The van der Waals surface area contributed by atoms with Crippen molar-refractivity contribution in [2.24, 2.45) is 0 Å². The number of rotatable bonds is 2. The first-order valence-corrected chi connectivity index (χ1v) is 4.57. The molecular weight excluding hydrogens is 330 g/mol. The van der Waals surface area contributed by atoms with E-state index in [0.717, 1.165) is 18.2 Å². The number of alkyl halides is 3. The second-order valence-corrected chi connectivity index (χ2v) is 3.58. The minimum Gasteiger partial charge on any atom is -0.406 e. The van der Waals surface area contributed by atoms with E-state index in [0.29, 0.717) is 0 Å². The Bertz CT molecular complexity index is 394. The van der Waals surface area contributed by atoms with Gasteiger partial charge in [0.15, 0.2) is 0 Å². The Kier molecular flexibility index (Phi) is 3.37. The molecule has 0 aliphatic carbocycles. The molecule has 0 aliphatic rings. The van der Waals surface area contributed by atoms with E-state index in [9.17, 15) is 23.3 Å². The summed E-state index contributed by atoms with van der Waals surface area (Å²) in [7, 11) is 0. The Morgan fingerprint density at radius 2 is 2.00 bits per heavy atom. The Morgan fingerprint density at radius 1 is 1.40 bits per heavy atom. The number of hydrogen-bond donors (Lipinski definition) is 0. The van der Waals surface area contributed by atoms with E-state index in [-0.39, 0.29) is 9.26 Å². The minimum absolute atomic E-state index is 0.0827. The first-order chi connectivity index (χ1) is 6.79. The maximum Gasteiger partial charge on any atom is 0.573 e. The van der Waals surface area contributed by atoms with Crippen molar-refractivity contribution >= 4 is 28.3 Å². The van der Waals surface area contributed by atoms with Gasteiger partial charge in [-0.15, -0.1) is 13.2 Å². The van der Waals surface area contributed by atoms with Gasteiger partial charge in [-0.05, 0) is 28.7 Å². The van der Waals surface area contributed by atoms with E-state index in [1.54, 1.807) is 22.6 Å². The molecule has 82 valence electrons. The monoisotopic (exact) mass is 333 g/mol. The lowest BCUT2D eigenvalue weighted by atomic mass is 10.3. The Labute approximate surface area is 95.3 Å². The second kappa shape index (κ2) is 4.21. The topological polar surface area (TPSA) is 52.4 Å². The second-order valence-electron chi connectivity index (χ2n) is 2.42. The summed E-state index contributed by atoms with van der Waals surface area (Å²) < 4.78 is 39.0. The van der Waals surface area contributed by atoms with Crippen LogP contribution in [0.5, 0.6) is 5.75 Å². The third-order valence-electron chi connectivity index (χ3n) is 1.35. The zero-order valence-corrected chi connectivity index (χ0v) is 9.07. The van der Waals surface area contributed by atoms with Crippen molar-refractivity contribution in [3.8, 4) is 5.75 Å². The predicted octanol–water partition coefficient (Wildman–Crippen LogP) is 3.10. The first-order valence-electron chi connectivity index (χ1n) is 3.49.